The molecule has 1 aliphatic carbocycles. The van der Waals surface area contributed by atoms with Crippen LogP contribution >= 0.6 is 0 Å². The molecule has 39 heavy (non-hydrogen) atoms. The Kier molecular flexibility index (Phi) is 8.60. The van der Waals surface area contributed by atoms with Gasteiger partial charge in [-0.3, -0.25) is 14.4 Å². The minimum Gasteiger partial charge on any atom is -0.480 e. The molecule has 3 aromatic rings. The van der Waals surface area contributed by atoms with Crippen molar-refractivity contribution in [2.24, 2.45) is 0 Å². The van der Waals surface area contributed by atoms with Gasteiger partial charge in [-0.1, -0.05) is 78.9 Å². The lowest BCUT2D eigenvalue weighted by molar-refractivity contribution is -0.141. The number of carboxylic acid groups (broad SMARTS) is 1. The van der Waals surface area contributed by atoms with Crippen molar-refractivity contribution in [1.29, 1.82) is 0 Å². The second kappa shape index (κ2) is 12.3. The Hall–Kier alpha value is -4.66. The van der Waals surface area contributed by atoms with Gasteiger partial charge in [0.05, 0.1) is 0 Å². The molecule has 3 atom stereocenters. The third-order valence-electron chi connectivity index (χ3n) is 6.72. The first-order valence-electron chi connectivity index (χ1n) is 12.7. The highest BCUT2D eigenvalue weighted by Gasteiger charge is 2.30. The van der Waals surface area contributed by atoms with E-state index in [0.29, 0.717) is 0 Å². The molecule has 1 aliphatic rings. The van der Waals surface area contributed by atoms with Crippen molar-refractivity contribution in [3.8, 4) is 11.1 Å². The van der Waals surface area contributed by atoms with E-state index in [4.69, 9.17) is 9.84 Å². The predicted octanol–water partition coefficient (Wildman–Crippen LogP) is 3.23. The zero-order chi connectivity index (χ0) is 27.9. The molecule has 4 N–H and O–H groups in total. The van der Waals surface area contributed by atoms with Gasteiger partial charge >= 0.3 is 12.1 Å². The molecule has 0 heterocycles. The molecule has 0 radical (unpaired) electrons. The lowest BCUT2D eigenvalue weighted by atomic mass is 9.98. The van der Waals surface area contributed by atoms with Crippen LogP contribution in [0.25, 0.3) is 11.1 Å². The Bertz CT molecular complexity index is 1310. The van der Waals surface area contributed by atoms with E-state index in [1.165, 1.54) is 13.8 Å². The highest BCUT2D eigenvalue weighted by atomic mass is 16.5. The van der Waals surface area contributed by atoms with Gasteiger partial charge in [0.25, 0.3) is 0 Å². The lowest BCUT2D eigenvalue weighted by Crippen LogP contribution is -2.55. The molecule has 0 spiro atoms. The molecule has 4 rings (SSSR count). The summed E-state index contributed by atoms with van der Waals surface area (Å²) in [6, 6.07) is 21.8. The number of ether oxygens (including phenoxy) is 1. The second-order valence-electron chi connectivity index (χ2n) is 9.51. The number of amides is 3. The van der Waals surface area contributed by atoms with Gasteiger partial charge in [-0.15, -0.1) is 0 Å². The summed E-state index contributed by atoms with van der Waals surface area (Å²) in [5, 5.41) is 16.7. The van der Waals surface area contributed by atoms with E-state index in [-0.39, 0.29) is 18.9 Å². The van der Waals surface area contributed by atoms with Crippen LogP contribution in [0.2, 0.25) is 0 Å². The fourth-order valence-corrected chi connectivity index (χ4v) is 4.61. The van der Waals surface area contributed by atoms with Crippen LogP contribution in [-0.2, 0) is 25.5 Å². The largest absolute Gasteiger partial charge is 0.480 e. The maximum absolute atomic E-state index is 12.9. The number of carbonyl (C=O) groups is 4. The van der Waals surface area contributed by atoms with E-state index in [2.05, 4.69) is 16.0 Å². The van der Waals surface area contributed by atoms with Gasteiger partial charge in [0.15, 0.2) is 0 Å². The normalized spacial score (nSPS) is 14.2. The zero-order valence-corrected chi connectivity index (χ0v) is 21.7. The monoisotopic (exact) mass is 529 g/mol. The van der Waals surface area contributed by atoms with Crippen molar-refractivity contribution in [3.63, 3.8) is 0 Å². The Morgan fingerprint density at radius 1 is 0.744 bits per heavy atom. The van der Waals surface area contributed by atoms with Crippen LogP contribution in [-0.4, -0.2) is 53.7 Å². The Morgan fingerprint density at radius 3 is 1.90 bits per heavy atom. The molecular formula is C30H31N3O6. The van der Waals surface area contributed by atoms with Crippen molar-refractivity contribution in [1.82, 2.24) is 16.0 Å². The number of hydrogen-bond acceptors (Lipinski definition) is 5. The summed E-state index contributed by atoms with van der Waals surface area (Å²) >= 11 is 0. The summed E-state index contributed by atoms with van der Waals surface area (Å²) in [6.07, 6.45) is -0.620. The van der Waals surface area contributed by atoms with E-state index in [9.17, 15) is 19.2 Å². The summed E-state index contributed by atoms with van der Waals surface area (Å²) in [6.45, 7) is 2.91. The summed E-state index contributed by atoms with van der Waals surface area (Å²) in [5.41, 5.74) is 5.13. The van der Waals surface area contributed by atoms with Gasteiger partial charge in [-0.05, 0) is 41.7 Å². The minimum atomic E-state index is -1.20. The first kappa shape index (κ1) is 27.4. The number of carboxylic acids is 1. The van der Waals surface area contributed by atoms with Crippen LogP contribution in [0, 0.1) is 0 Å². The molecular weight excluding hydrogens is 498 g/mol. The molecule has 0 saturated heterocycles. The minimum absolute atomic E-state index is 0.0975. The number of rotatable bonds is 10. The van der Waals surface area contributed by atoms with Crippen LogP contribution in [0.4, 0.5) is 4.79 Å². The fourth-order valence-electron chi connectivity index (χ4n) is 4.61. The number of alkyl carbamates (subject to hydrolysis) is 1. The Labute approximate surface area is 226 Å². The number of hydrogen-bond donors (Lipinski definition) is 4. The lowest BCUT2D eigenvalue weighted by Gasteiger charge is -2.22. The molecule has 9 nitrogen and oxygen atoms in total. The summed E-state index contributed by atoms with van der Waals surface area (Å²) in [5.74, 6) is -2.57. The fraction of sp³-hybridized carbons (Fsp3) is 0.267. The highest BCUT2D eigenvalue weighted by molar-refractivity contribution is 5.92. The highest BCUT2D eigenvalue weighted by Crippen LogP contribution is 2.44. The Balaban J connectivity index is 1.36. The SMILES string of the molecule is C[C@H](NC(=O)[C@H](Cc1ccccc1)NC(=O)[C@H](C)NC(=O)OCC1c2ccccc2-c2ccccc21)C(=O)O. The van der Waals surface area contributed by atoms with E-state index in [1.807, 2.05) is 54.6 Å². The Morgan fingerprint density at radius 2 is 1.31 bits per heavy atom. The van der Waals surface area contributed by atoms with E-state index in [1.54, 1.807) is 24.3 Å². The molecule has 202 valence electrons. The van der Waals surface area contributed by atoms with Crippen molar-refractivity contribution >= 4 is 23.9 Å². The smallest absolute Gasteiger partial charge is 0.407 e. The van der Waals surface area contributed by atoms with Gasteiger partial charge in [0.1, 0.15) is 24.7 Å². The maximum atomic E-state index is 12.9. The third-order valence-corrected chi connectivity index (χ3v) is 6.72. The molecule has 0 aromatic heterocycles. The quantitative estimate of drug-likeness (QED) is 0.319. The topological polar surface area (TPSA) is 134 Å². The van der Waals surface area contributed by atoms with Crippen LogP contribution in [0.5, 0.6) is 0 Å². The number of carbonyl (C=O) groups excluding carboxylic acids is 3. The second-order valence-corrected chi connectivity index (χ2v) is 9.51. The first-order valence-corrected chi connectivity index (χ1v) is 12.7. The summed E-state index contributed by atoms with van der Waals surface area (Å²) in [4.78, 5) is 49.5. The molecule has 3 amide bonds. The van der Waals surface area contributed by atoms with E-state index < -0.39 is 42.0 Å². The predicted molar refractivity (Wildman–Crippen MR) is 145 cm³/mol. The average molecular weight is 530 g/mol. The van der Waals surface area contributed by atoms with Crippen molar-refractivity contribution in [2.45, 2.75) is 44.3 Å². The number of fused-ring (bicyclic) bond motifs is 3. The number of aliphatic carboxylic acids is 1. The molecule has 0 aliphatic heterocycles. The van der Waals surface area contributed by atoms with Crippen molar-refractivity contribution in [3.05, 3.63) is 95.6 Å². The standard InChI is InChI=1S/C30H31N3O6/c1-18(27(34)33-26(16-20-10-4-3-5-11-20)28(35)31-19(2)29(36)37)32-30(38)39-17-25-23-14-8-6-12-21(23)22-13-7-9-15-24(22)25/h3-15,18-19,25-26H,16-17H2,1-2H3,(H,31,35)(H,32,38)(H,33,34)(H,36,37)/t18-,19-,26-/m0/s1. The summed E-state index contributed by atoms with van der Waals surface area (Å²) in [7, 11) is 0. The number of benzene rings is 3. The van der Waals surface area contributed by atoms with Gasteiger partial charge in [0, 0.05) is 12.3 Å². The van der Waals surface area contributed by atoms with Gasteiger partial charge in [-0.25, -0.2) is 4.79 Å². The van der Waals surface area contributed by atoms with Crippen LogP contribution < -0.4 is 16.0 Å². The van der Waals surface area contributed by atoms with Gasteiger partial charge in [-0.2, -0.15) is 0 Å². The molecule has 0 fully saturated rings. The zero-order valence-electron chi connectivity index (χ0n) is 21.7. The van der Waals surface area contributed by atoms with Crippen LogP contribution in [0.15, 0.2) is 78.9 Å². The third kappa shape index (κ3) is 6.62. The molecule has 9 heteroatoms. The maximum Gasteiger partial charge on any atom is 0.407 e. The van der Waals surface area contributed by atoms with Crippen molar-refractivity contribution in [2.75, 3.05) is 6.61 Å². The van der Waals surface area contributed by atoms with Crippen molar-refractivity contribution < 1.29 is 29.0 Å². The first-order chi connectivity index (χ1) is 18.7. The molecule has 3 aromatic carbocycles. The van der Waals surface area contributed by atoms with E-state index in [0.717, 1.165) is 27.8 Å². The van der Waals surface area contributed by atoms with Crippen LogP contribution in [0.1, 0.15) is 36.5 Å². The van der Waals surface area contributed by atoms with Gasteiger partial charge in [0.2, 0.25) is 11.8 Å². The van der Waals surface area contributed by atoms with E-state index >= 15 is 0 Å². The molecule has 0 saturated carbocycles. The summed E-state index contributed by atoms with van der Waals surface area (Å²) < 4.78 is 5.51. The van der Waals surface area contributed by atoms with Gasteiger partial charge < -0.3 is 25.8 Å². The molecule has 0 unspecified atom stereocenters. The average Bonchev–Trinajstić information content (AvgIpc) is 3.25. The molecule has 0 bridgehead atoms. The van der Waals surface area contributed by atoms with Crippen LogP contribution in [0.3, 0.4) is 0 Å². The number of nitrogens with one attached hydrogen (secondary N) is 3.